The van der Waals surface area contributed by atoms with Crippen molar-refractivity contribution >= 4 is 11.4 Å². The van der Waals surface area contributed by atoms with Crippen LogP contribution in [0.4, 0.5) is 5.69 Å². The van der Waals surface area contributed by atoms with Gasteiger partial charge in [-0.15, -0.1) is 0 Å². The van der Waals surface area contributed by atoms with Crippen molar-refractivity contribution in [2.45, 2.75) is 12.8 Å². The third kappa shape index (κ3) is 2.40. The van der Waals surface area contributed by atoms with E-state index in [9.17, 15) is 0 Å². The molecule has 0 unspecified atom stereocenters. The number of para-hydroxylation sites is 1. The Kier molecular flexibility index (Phi) is 3.39. The summed E-state index contributed by atoms with van der Waals surface area (Å²) in [4.78, 5) is 7.43. The van der Waals surface area contributed by atoms with Crippen molar-refractivity contribution < 1.29 is 0 Å². The molecule has 2 aromatic carbocycles. The van der Waals surface area contributed by atoms with Gasteiger partial charge in [0, 0.05) is 25.1 Å². The third-order valence-corrected chi connectivity index (χ3v) is 4.52. The fourth-order valence-corrected chi connectivity index (χ4v) is 3.37. The Morgan fingerprint density at radius 2 is 1.73 bits per heavy atom. The van der Waals surface area contributed by atoms with Gasteiger partial charge in [-0.25, -0.2) is 4.99 Å². The molecule has 2 heterocycles. The normalized spacial score (nSPS) is 17.9. The van der Waals surface area contributed by atoms with Crippen LogP contribution in [0.15, 0.2) is 65.2 Å². The van der Waals surface area contributed by atoms with Crippen molar-refractivity contribution in [1.29, 1.82) is 0 Å². The molecule has 0 fully saturated rings. The van der Waals surface area contributed by atoms with Crippen LogP contribution in [0.25, 0.3) is 0 Å². The number of fused-ring (bicyclic) bond motifs is 2. The summed E-state index contributed by atoms with van der Waals surface area (Å²) in [6, 6.07) is 17.2. The monoisotopic (exact) mass is 288 g/mol. The molecule has 2 aromatic rings. The molecule has 2 aliphatic heterocycles. The predicted molar refractivity (Wildman–Crippen MR) is 92.1 cm³/mol. The summed E-state index contributed by atoms with van der Waals surface area (Å²) in [7, 11) is 2.18. The van der Waals surface area contributed by atoms with Crippen LogP contribution < -0.4 is 0 Å². The number of aliphatic imine (C=N–C) groups is 1. The quantitative estimate of drug-likeness (QED) is 0.775. The second-order valence-corrected chi connectivity index (χ2v) is 6.18. The van der Waals surface area contributed by atoms with E-state index in [-0.39, 0.29) is 0 Å². The fourth-order valence-electron chi connectivity index (χ4n) is 3.37. The first-order valence-corrected chi connectivity index (χ1v) is 7.94. The lowest BCUT2D eigenvalue weighted by atomic mass is 9.93. The zero-order chi connectivity index (χ0) is 14.9. The number of hydrogen-bond donors (Lipinski definition) is 0. The van der Waals surface area contributed by atoms with Crippen LogP contribution in [-0.4, -0.2) is 30.7 Å². The maximum atomic E-state index is 5.06. The maximum Gasteiger partial charge on any atom is 0.0754 e. The van der Waals surface area contributed by atoms with E-state index in [0.29, 0.717) is 0 Å². The minimum absolute atomic E-state index is 0.961. The van der Waals surface area contributed by atoms with Gasteiger partial charge in [0.05, 0.1) is 11.4 Å². The lowest BCUT2D eigenvalue weighted by molar-refractivity contribution is 0.360. The zero-order valence-electron chi connectivity index (χ0n) is 12.9. The zero-order valence-corrected chi connectivity index (χ0v) is 12.9. The van der Waals surface area contributed by atoms with Crippen LogP contribution in [-0.2, 0) is 6.42 Å². The maximum absolute atomic E-state index is 5.06. The minimum Gasteiger partial charge on any atom is -0.302 e. The molecule has 0 aliphatic carbocycles. The topological polar surface area (TPSA) is 15.6 Å². The van der Waals surface area contributed by atoms with E-state index in [1.165, 1.54) is 22.3 Å². The summed E-state index contributed by atoms with van der Waals surface area (Å²) in [6.45, 7) is 2.12. The molecule has 0 spiro atoms. The van der Waals surface area contributed by atoms with Crippen LogP contribution in [0.1, 0.15) is 23.1 Å². The molecule has 2 aliphatic rings. The molecule has 0 amide bonds. The highest BCUT2D eigenvalue weighted by molar-refractivity contribution is 6.15. The minimum atomic E-state index is 0.961. The second kappa shape index (κ2) is 5.54. The highest BCUT2D eigenvalue weighted by Gasteiger charge is 2.21. The standard InChI is InChI=1S/C20H20N2/c1-22-12-6-9-17(14-22)20-18-10-4-2-7-15(18)13-16-8-3-5-11-19(16)21-20/h2-5,7-11H,6,12-14H2,1H3. The molecule has 4 rings (SSSR count). The van der Waals surface area contributed by atoms with Crippen LogP contribution in [0.2, 0.25) is 0 Å². The van der Waals surface area contributed by atoms with Crippen molar-refractivity contribution in [2.75, 3.05) is 20.1 Å². The Morgan fingerprint density at radius 1 is 0.955 bits per heavy atom. The van der Waals surface area contributed by atoms with Crippen LogP contribution in [0, 0.1) is 0 Å². The smallest absolute Gasteiger partial charge is 0.0754 e. The van der Waals surface area contributed by atoms with Gasteiger partial charge in [-0.3, -0.25) is 0 Å². The number of hydrogen-bond acceptors (Lipinski definition) is 2. The van der Waals surface area contributed by atoms with E-state index in [2.05, 4.69) is 66.6 Å². The van der Waals surface area contributed by atoms with Crippen molar-refractivity contribution in [3.8, 4) is 0 Å². The van der Waals surface area contributed by atoms with Crippen molar-refractivity contribution in [2.24, 2.45) is 4.99 Å². The average molecular weight is 288 g/mol. The van der Waals surface area contributed by atoms with Crippen molar-refractivity contribution in [3.05, 3.63) is 76.9 Å². The molecule has 0 bridgehead atoms. The fraction of sp³-hybridized carbons (Fsp3) is 0.250. The molecule has 2 nitrogen and oxygen atoms in total. The van der Waals surface area contributed by atoms with Gasteiger partial charge in [-0.05, 0) is 36.2 Å². The van der Waals surface area contributed by atoms with Gasteiger partial charge in [0.25, 0.3) is 0 Å². The van der Waals surface area contributed by atoms with E-state index in [4.69, 9.17) is 4.99 Å². The molecular weight excluding hydrogens is 268 g/mol. The number of nitrogens with zero attached hydrogens (tertiary/aromatic N) is 2. The molecule has 0 radical (unpaired) electrons. The van der Waals surface area contributed by atoms with Crippen LogP contribution >= 0.6 is 0 Å². The largest absolute Gasteiger partial charge is 0.302 e. The summed E-state index contributed by atoms with van der Waals surface area (Å²) in [5.74, 6) is 0. The number of likely N-dealkylation sites (N-methyl/N-ethyl adjacent to an activating group) is 1. The summed E-state index contributed by atoms with van der Waals surface area (Å²) in [5.41, 5.74) is 7.61. The summed E-state index contributed by atoms with van der Waals surface area (Å²) >= 11 is 0. The molecular formula is C20H20N2. The summed E-state index contributed by atoms with van der Waals surface area (Å²) < 4.78 is 0. The number of benzene rings is 2. The molecule has 0 saturated carbocycles. The first-order chi connectivity index (χ1) is 10.8. The van der Waals surface area contributed by atoms with Gasteiger partial charge in [-0.1, -0.05) is 48.5 Å². The highest BCUT2D eigenvalue weighted by atomic mass is 15.1. The average Bonchev–Trinajstić information content (AvgIpc) is 2.71. The first kappa shape index (κ1) is 13.5. The van der Waals surface area contributed by atoms with Crippen molar-refractivity contribution in [3.63, 3.8) is 0 Å². The Morgan fingerprint density at radius 3 is 2.59 bits per heavy atom. The van der Waals surface area contributed by atoms with E-state index in [1.807, 2.05) is 0 Å². The van der Waals surface area contributed by atoms with E-state index in [0.717, 1.165) is 37.3 Å². The molecule has 0 atom stereocenters. The van der Waals surface area contributed by atoms with Crippen LogP contribution in [0.3, 0.4) is 0 Å². The Hall–Kier alpha value is -2.19. The Labute approximate surface area is 131 Å². The van der Waals surface area contributed by atoms with Crippen molar-refractivity contribution in [1.82, 2.24) is 4.90 Å². The molecule has 0 saturated heterocycles. The molecule has 0 N–H and O–H groups in total. The van der Waals surface area contributed by atoms with E-state index in [1.54, 1.807) is 0 Å². The first-order valence-electron chi connectivity index (χ1n) is 7.94. The Balaban J connectivity index is 1.91. The van der Waals surface area contributed by atoms with Gasteiger partial charge < -0.3 is 4.90 Å². The molecule has 110 valence electrons. The molecule has 0 aromatic heterocycles. The molecule has 22 heavy (non-hydrogen) atoms. The summed E-state index contributed by atoms with van der Waals surface area (Å²) in [6.07, 6.45) is 4.43. The lowest BCUT2D eigenvalue weighted by Gasteiger charge is -2.24. The number of rotatable bonds is 1. The Bertz CT molecular complexity index is 771. The van der Waals surface area contributed by atoms with Gasteiger partial charge in [0.2, 0.25) is 0 Å². The van der Waals surface area contributed by atoms with Gasteiger partial charge in [0.15, 0.2) is 0 Å². The predicted octanol–water partition coefficient (Wildman–Crippen LogP) is 3.97. The van der Waals surface area contributed by atoms with Crippen LogP contribution in [0.5, 0.6) is 0 Å². The van der Waals surface area contributed by atoms with E-state index >= 15 is 0 Å². The SMILES string of the molecule is CN1CCC=C(C2=Nc3ccccc3Cc3ccccc32)C1. The second-order valence-electron chi connectivity index (χ2n) is 6.18. The van der Waals surface area contributed by atoms with Gasteiger partial charge in [0.1, 0.15) is 0 Å². The highest BCUT2D eigenvalue weighted by Crippen LogP contribution is 2.31. The summed E-state index contributed by atoms with van der Waals surface area (Å²) in [5, 5.41) is 0. The van der Waals surface area contributed by atoms with E-state index < -0.39 is 0 Å². The van der Waals surface area contributed by atoms with Gasteiger partial charge in [-0.2, -0.15) is 0 Å². The lowest BCUT2D eigenvalue weighted by Crippen LogP contribution is -2.29. The third-order valence-electron chi connectivity index (χ3n) is 4.52. The molecule has 2 heteroatoms. The van der Waals surface area contributed by atoms with Gasteiger partial charge >= 0.3 is 0 Å².